The van der Waals surface area contributed by atoms with E-state index in [2.05, 4.69) is 10.3 Å². The molecule has 0 bridgehead atoms. The summed E-state index contributed by atoms with van der Waals surface area (Å²) in [4.78, 5) is 18.1. The third kappa shape index (κ3) is 5.56. The van der Waals surface area contributed by atoms with Crippen molar-refractivity contribution in [3.63, 3.8) is 0 Å². The number of aromatic nitrogens is 1. The summed E-state index contributed by atoms with van der Waals surface area (Å²) in [5, 5.41) is 11.6. The Kier molecular flexibility index (Phi) is 7.85. The molecular weight excluding hydrogens is 526 g/mol. The molecule has 11 heteroatoms. The van der Waals surface area contributed by atoms with Crippen molar-refractivity contribution in [2.45, 2.75) is 30.1 Å². The van der Waals surface area contributed by atoms with Gasteiger partial charge in [0.15, 0.2) is 26.5 Å². The van der Waals surface area contributed by atoms with Gasteiger partial charge in [-0.3, -0.25) is 10.1 Å². The third-order valence-electron chi connectivity index (χ3n) is 5.71. The smallest absolute Gasteiger partial charge is 0.271 e. The normalized spacial score (nSPS) is 12.1. The number of ether oxygens (including phenoxy) is 3. The van der Waals surface area contributed by atoms with Gasteiger partial charge in [0.05, 0.1) is 46.2 Å². The predicted molar refractivity (Wildman–Crippen MR) is 145 cm³/mol. The van der Waals surface area contributed by atoms with Gasteiger partial charge in [-0.2, -0.15) is 5.26 Å². The molecule has 0 saturated heterocycles. The molecule has 9 nitrogen and oxygen atoms in total. The fourth-order valence-electron chi connectivity index (χ4n) is 3.62. The Labute approximate surface area is 224 Å². The summed E-state index contributed by atoms with van der Waals surface area (Å²) in [6, 6.07) is 17.9. The second-order valence-corrected chi connectivity index (χ2v) is 12.0. The largest absolute Gasteiger partial charge is 0.493 e. The van der Waals surface area contributed by atoms with E-state index in [-0.39, 0.29) is 4.90 Å². The summed E-state index contributed by atoms with van der Waals surface area (Å²) in [5.74, 6) is 0.826. The number of rotatable bonds is 9. The van der Waals surface area contributed by atoms with Crippen LogP contribution in [0.4, 0.5) is 5.13 Å². The van der Waals surface area contributed by atoms with Crippen molar-refractivity contribution >= 4 is 42.4 Å². The first-order chi connectivity index (χ1) is 18.2. The Morgan fingerprint density at radius 2 is 1.71 bits per heavy atom. The molecule has 4 aromatic rings. The molecule has 1 N–H and O–H groups in total. The average molecular weight is 552 g/mol. The quantitative estimate of drug-likeness (QED) is 0.303. The molecule has 1 aromatic heterocycles. The van der Waals surface area contributed by atoms with Gasteiger partial charge >= 0.3 is 0 Å². The number of sulfone groups is 1. The molecule has 1 atom stereocenters. The van der Waals surface area contributed by atoms with E-state index in [1.807, 2.05) is 6.07 Å². The van der Waals surface area contributed by atoms with E-state index >= 15 is 0 Å². The van der Waals surface area contributed by atoms with Gasteiger partial charge in [-0.15, -0.1) is 0 Å². The van der Waals surface area contributed by atoms with E-state index in [0.29, 0.717) is 39.0 Å². The van der Waals surface area contributed by atoms with Gasteiger partial charge in [0, 0.05) is 17.7 Å². The van der Waals surface area contributed by atoms with Crippen molar-refractivity contribution in [1.29, 1.82) is 5.26 Å². The summed E-state index contributed by atoms with van der Waals surface area (Å²) in [7, 11) is -0.528. The lowest BCUT2D eigenvalue weighted by atomic mass is 10.1. The van der Waals surface area contributed by atoms with Crippen LogP contribution < -0.4 is 19.5 Å². The number of amides is 1. The zero-order valence-corrected chi connectivity index (χ0v) is 22.7. The van der Waals surface area contributed by atoms with Crippen molar-refractivity contribution in [2.24, 2.45) is 0 Å². The van der Waals surface area contributed by atoms with E-state index in [1.165, 1.54) is 37.7 Å². The standard InChI is InChI=1S/C27H25N3O6S2/c1-16(2)38(32,33)20-7-5-6-18(12-20)25(36-19-10-8-17(15-28)9-11-19)26(31)30-27-29-21-13-22(34-3)23(35-4)14-24(21)37-27/h5-14,16,25H,1-4H3,(H,29,30,31). The molecule has 0 aliphatic carbocycles. The molecule has 0 radical (unpaired) electrons. The van der Waals surface area contributed by atoms with Crippen LogP contribution in [-0.2, 0) is 14.6 Å². The molecule has 1 amide bonds. The summed E-state index contributed by atoms with van der Waals surface area (Å²) in [6.07, 6.45) is -1.21. The summed E-state index contributed by atoms with van der Waals surface area (Å²) in [6.45, 7) is 3.19. The lowest BCUT2D eigenvalue weighted by Crippen LogP contribution is -2.26. The minimum absolute atomic E-state index is 0.0883. The van der Waals surface area contributed by atoms with E-state index in [0.717, 1.165) is 4.70 Å². The second kappa shape index (κ2) is 11.1. The monoisotopic (exact) mass is 551 g/mol. The number of fused-ring (bicyclic) bond motifs is 1. The molecule has 0 saturated carbocycles. The Morgan fingerprint density at radius 3 is 2.34 bits per heavy atom. The minimum atomic E-state index is -3.59. The van der Waals surface area contributed by atoms with Crippen LogP contribution >= 0.6 is 11.3 Å². The van der Waals surface area contributed by atoms with Crippen LogP contribution in [0.25, 0.3) is 10.2 Å². The topological polar surface area (TPSA) is 128 Å². The van der Waals surface area contributed by atoms with E-state index in [4.69, 9.17) is 19.5 Å². The van der Waals surface area contributed by atoms with Crippen molar-refractivity contribution in [1.82, 2.24) is 4.98 Å². The van der Waals surface area contributed by atoms with Crippen molar-refractivity contribution in [3.8, 4) is 23.3 Å². The van der Waals surface area contributed by atoms with Crippen LogP contribution in [0.1, 0.15) is 31.1 Å². The molecule has 196 valence electrons. The minimum Gasteiger partial charge on any atom is -0.493 e. The van der Waals surface area contributed by atoms with E-state index in [9.17, 15) is 13.2 Å². The highest BCUT2D eigenvalue weighted by Gasteiger charge is 2.27. The molecular formula is C27H25N3O6S2. The molecule has 38 heavy (non-hydrogen) atoms. The maximum atomic E-state index is 13.5. The Hall–Kier alpha value is -4.14. The molecule has 3 aromatic carbocycles. The number of nitrogens with one attached hydrogen (secondary N) is 1. The van der Waals surface area contributed by atoms with Crippen molar-refractivity contribution < 1.29 is 27.4 Å². The first kappa shape index (κ1) is 26.9. The first-order valence-corrected chi connectivity index (χ1v) is 13.9. The maximum absolute atomic E-state index is 13.5. The Morgan fingerprint density at radius 1 is 1.03 bits per heavy atom. The SMILES string of the molecule is COc1cc2nc(NC(=O)C(Oc3ccc(C#N)cc3)c3cccc(S(=O)(=O)C(C)C)c3)sc2cc1OC. The van der Waals surface area contributed by atoms with E-state index in [1.54, 1.807) is 62.4 Å². The number of hydrogen-bond acceptors (Lipinski definition) is 9. The first-order valence-electron chi connectivity index (χ1n) is 11.5. The molecule has 1 heterocycles. The van der Waals surface area contributed by atoms with Gasteiger partial charge in [-0.1, -0.05) is 23.5 Å². The number of nitriles is 1. The van der Waals surface area contributed by atoms with Crippen LogP contribution in [-0.4, -0.2) is 38.8 Å². The number of anilines is 1. The number of carbonyl (C=O) groups is 1. The summed E-state index contributed by atoms with van der Waals surface area (Å²) in [5.41, 5.74) is 1.39. The number of carbonyl (C=O) groups excluding carboxylic acids is 1. The Bertz CT molecular complexity index is 1580. The lowest BCUT2D eigenvalue weighted by molar-refractivity contribution is -0.123. The van der Waals surface area contributed by atoms with Gasteiger partial charge in [-0.05, 0) is 50.2 Å². The maximum Gasteiger partial charge on any atom is 0.271 e. The molecule has 0 fully saturated rings. The van der Waals surface area contributed by atoms with Crippen LogP contribution in [0.15, 0.2) is 65.6 Å². The number of benzene rings is 3. The summed E-state index contributed by atoms with van der Waals surface area (Å²) >= 11 is 1.24. The number of thiazole rings is 1. The molecule has 0 aliphatic rings. The Balaban J connectivity index is 1.71. The lowest BCUT2D eigenvalue weighted by Gasteiger charge is -2.19. The van der Waals surface area contributed by atoms with Crippen LogP contribution in [0, 0.1) is 11.3 Å². The van der Waals surface area contributed by atoms with Gasteiger partial charge in [0.1, 0.15) is 5.75 Å². The fourth-order valence-corrected chi connectivity index (χ4v) is 5.62. The van der Waals surface area contributed by atoms with Gasteiger partial charge in [0.25, 0.3) is 5.91 Å². The van der Waals surface area contributed by atoms with Gasteiger partial charge in [-0.25, -0.2) is 13.4 Å². The van der Waals surface area contributed by atoms with E-state index < -0.39 is 27.1 Å². The second-order valence-electron chi connectivity index (χ2n) is 8.48. The summed E-state index contributed by atoms with van der Waals surface area (Å²) < 4.78 is 43.1. The molecule has 0 spiro atoms. The number of nitrogens with zero attached hydrogens (tertiary/aromatic N) is 2. The molecule has 4 rings (SSSR count). The van der Waals surface area contributed by atoms with Crippen LogP contribution in [0.3, 0.4) is 0 Å². The average Bonchev–Trinajstić information content (AvgIpc) is 3.31. The van der Waals surface area contributed by atoms with Gasteiger partial charge < -0.3 is 14.2 Å². The third-order valence-corrected chi connectivity index (χ3v) is 8.80. The highest BCUT2D eigenvalue weighted by Crippen LogP contribution is 2.36. The van der Waals surface area contributed by atoms with Gasteiger partial charge in [0.2, 0.25) is 6.10 Å². The zero-order valence-electron chi connectivity index (χ0n) is 21.1. The van der Waals surface area contributed by atoms with Crippen LogP contribution in [0.2, 0.25) is 0 Å². The van der Waals surface area contributed by atoms with Crippen molar-refractivity contribution in [3.05, 3.63) is 71.8 Å². The highest BCUT2D eigenvalue weighted by atomic mass is 32.2. The predicted octanol–water partition coefficient (Wildman–Crippen LogP) is 5.13. The molecule has 1 unspecified atom stereocenters. The number of methoxy groups -OCH3 is 2. The van der Waals surface area contributed by atoms with Crippen molar-refractivity contribution in [2.75, 3.05) is 19.5 Å². The van der Waals surface area contributed by atoms with Crippen LogP contribution in [0.5, 0.6) is 17.2 Å². The molecule has 0 aliphatic heterocycles. The highest BCUT2D eigenvalue weighted by molar-refractivity contribution is 7.92. The zero-order chi connectivity index (χ0) is 27.4. The fraction of sp³-hybridized carbons (Fsp3) is 0.222. The number of hydrogen-bond donors (Lipinski definition) is 1.